The van der Waals surface area contributed by atoms with Crippen LogP contribution in [0.15, 0.2) is 53.6 Å². The summed E-state index contributed by atoms with van der Waals surface area (Å²) in [7, 11) is 0. The van der Waals surface area contributed by atoms with E-state index in [2.05, 4.69) is 40.6 Å². The van der Waals surface area contributed by atoms with E-state index < -0.39 is 0 Å². The van der Waals surface area contributed by atoms with Crippen molar-refractivity contribution in [3.8, 4) is 0 Å². The van der Waals surface area contributed by atoms with E-state index in [0.29, 0.717) is 0 Å². The van der Waals surface area contributed by atoms with Gasteiger partial charge in [0.1, 0.15) is 0 Å². The molecule has 0 aliphatic heterocycles. The van der Waals surface area contributed by atoms with Crippen LogP contribution in [0.5, 0.6) is 0 Å². The number of hydrogen-bond donors (Lipinski definition) is 1. The number of anilines is 1. The first-order valence-electron chi connectivity index (χ1n) is 6.46. The molecule has 0 aliphatic rings. The maximum atomic E-state index is 4.50. The van der Waals surface area contributed by atoms with Crippen molar-refractivity contribution in [3.05, 3.63) is 59.7 Å². The van der Waals surface area contributed by atoms with Crippen LogP contribution >= 0.6 is 11.3 Å². The maximum absolute atomic E-state index is 4.50. The van der Waals surface area contributed by atoms with E-state index in [0.717, 1.165) is 21.9 Å². The standard InChI is InChI=1S/C16H15N3S/c1-11-7-3-4-8-13(11)12(2)18-19-16-17-14-9-5-6-10-15(14)20-16/h3-10H,1-2H3,(H,17,19)/b18-12+. The minimum absolute atomic E-state index is 0.819. The minimum atomic E-state index is 0.819. The van der Waals surface area contributed by atoms with Crippen LogP contribution in [-0.2, 0) is 0 Å². The zero-order valence-electron chi connectivity index (χ0n) is 11.4. The normalized spacial score (nSPS) is 11.8. The van der Waals surface area contributed by atoms with Crippen molar-refractivity contribution < 1.29 is 0 Å². The molecule has 0 saturated carbocycles. The fraction of sp³-hybridized carbons (Fsp3) is 0.125. The number of benzene rings is 2. The van der Waals surface area contributed by atoms with Crippen molar-refractivity contribution in [2.75, 3.05) is 5.43 Å². The molecule has 3 rings (SSSR count). The number of aromatic nitrogens is 1. The largest absolute Gasteiger partial charge is 0.252 e. The second-order valence-electron chi connectivity index (χ2n) is 4.61. The highest BCUT2D eigenvalue weighted by Crippen LogP contribution is 2.25. The first kappa shape index (κ1) is 12.8. The van der Waals surface area contributed by atoms with Gasteiger partial charge in [0.2, 0.25) is 5.13 Å². The van der Waals surface area contributed by atoms with Crippen molar-refractivity contribution in [2.45, 2.75) is 13.8 Å². The van der Waals surface area contributed by atoms with Gasteiger partial charge in [0.15, 0.2) is 0 Å². The van der Waals surface area contributed by atoms with Gasteiger partial charge in [-0.15, -0.1) is 0 Å². The Labute approximate surface area is 122 Å². The van der Waals surface area contributed by atoms with Crippen LogP contribution in [0.1, 0.15) is 18.1 Å². The smallest absolute Gasteiger partial charge is 0.204 e. The Hall–Kier alpha value is -2.20. The van der Waals surface area contributed by atoms with Crippen LogP contribution in [0.25, 0.3) is 10.2 Å². The predicted molar refractivity (Wildman–Crippen MR) is 86.6 cm³/mol. The third kappa shape index (κ3) is 2.56. The van der Waals surface area contributed by atoms with Crippen LogP contribution < -0.4 is 5.43 Å². The summed E-state index contributed by atoms with van der Waals surface area (Å²) in [6.07, 6.45) is 0. The molecule has 4 heteroatoms. The molecular weight excluding hydrogens is 266 g/mol. The Balaban J connectivity index is 1.84. The summed E-state index contributed by atoms with van der Waals surface area (Å²) < 4.78 is 1.17. The molecule has 1 heterocycles. The Morgan fingerprint density at radius 1 is 1.10 bits per heavy atom. The van der Waals surface area contributed by atoms with Crippen LogP contribution in [0, 0.1) is 6.92 Å². The molecule has 1 N–H and O–H groups in total. The number of hydrogen-bond acceptors (Lipinski definition) is 4. The Kier molecular flexibility index (Phi) is 3.48. The van der Waals surface area contributed by atoms with Gasteiger partial charge in [0.05, 0.1) is 15.9 Å². The third-order valence-corrected chi connectivity index (χ3v) is 4.09. The van der Waals surface area contributed by atoms with Crippen molar-refractivity contribution in [1.29, 1.82) is 0 Å². The molecule has 0 atom stereocenters. The SMILES string of the molecule is C/C(=N\Nc1nc2ccccc2s1)c1ccccc1C. The van der Waals surface area contributed by atoms with E-state index in [-0.39, 0.29) is 0 Å². The molecule has 2 aromatic carbocycles. The zero-order chi connectivity index (χ0) is 13.9. The van der Waals surface area contributed by atoms with Gasteiger partial charge in [-0.1, -0.05) is 47.7 Å². The number of hydrazone groups is 1. The van der Waals surface area contributed by atoms with E-state index in [4.69, 9.17) is 0 Å². The van der Waals surface area contributed by atoms with Crippen LogP contribution in [0.4, 0.5) is 5.13 Å². The van der Waals surface area contributed by atoms with Crippen LogP contribution in [0.2, 0.25) is 0 Å². The molecule has 0 aliphatic carbocycles. The second-order valence-corrected chi connectivity index (χ2v) is 5.64. The highest BCUT2D eigenvalue weighted by atomic mass is 32.1. The Morgan fingerprint density at radius 2 is 1.85 bits per heavy atom. The molecule has 0 radical (unpaired) electrons. The van der Waals surface area contributed by atoms with E-state index in [1.807, 2.05) is 37.3 Å². The first-order valence-corrected chi connectivity index (χ1v) is 7.27. The van der Waals surface area contributed by atoms with Crippen molar-refractivity contribution in [1.82, 2.24) is 4.98 Å². The molecule has 0 spiro atoms. The molecule has 20 heavy (non-hydrogen) atoms. The maximum Gasteiger partial charge on any atom is 0.204 e. The lowest BCUT2D eigenvalue weighted by atomic mass is 10.1. The topological polar surface area (TPSA) is 37.3 Å². The van der Waals surface area contributed by atoms with Crippen molar-refractivity contribution >= 4 is 32.4 Å². The van der Waals surface area contributed by atoms with Gasteiger partial charge in [0.25, 0.3) is 0 Å². The molecule has 3 aromatic rings. The number of nitrogens with one attached hydrogen (secondary N) is 1. The summed E-state index contributed by atoms with van der Waals surface area (Å²) in [6.45, 7) is 4.09. The summed E-state index contributed by atoms with van der Waals surface area (Å²) in [5, 5.41) is 5.25. The van der Waals surface area contributed by atoms with Gasteiger partial charge in [-0.3, -0.25) is 5.43 Å². The summed E-state index contributed by atoms with van der Waals surface area (Å²) in [4.78, 5) is 4.50. The number of nitrogens with zero attached hydrogens (tertiary/aromatic N) is 2. The summed E-state index contributed by atoms with van der Waals surface area (Å²) in [5.74, 6) is 0. The summed E-state index contributed by atoms with van der Waals surface area (Å²) in [6, 6.07) is 16.3. The molecule has 1 aromatic heterocycles. The van der Waals surface area contributed by atoms with E-state index in [9.17, 15) is 0 Å². The van der Waals surface area contributed by atoms with Crippen LogP contribution in [0.3, 0.4) is 0 Å². The van der Waals surface area contributed by atoms with Crippen molar-refractivity contribution in [3.63, 3.8) is 0 Å². The molecule has 0 fully saturated rings. The molecule has 100 valence electrons. The van der Waals surface area contributed by atoms with Gasteiger partial charge in [0, 0.05) is 5.56 Å². The predicted octanol–water partition coefficient (Wildman–Crippen LogP) is 4.44. The lowest BCUT2D eigenvalue weighted by Gasteiger charge is -2.04. The van der Waals surface area contributed by atoms with Gasteiger partial charge in [-0.25, -0.2) is 4.98 Å². The number of fused-ring (bicyclic) bond motifs is 1. The fourth-order valence-corrected chi connectivity index (χ4v) is 2.90. The first-order chi connectivity index (χ1) is 9.74. The molecule has 0 saturated heterocycles. The van der Waals surface area contributed by atoms with Gasteiger partial charge < -0.3 is 0 Å². The number of aryl methyl sites for hydroxylation is 1. The zero-order valence-corrected chi connectivity index (χ0v) is 12.2. The molecule has 3 nitrogen and oxygen atoms in total. The monoisotopic (exact) mass is 281 g/mol. The average Bonchev–Trinajstić information content (AvgIpc) is 2.88. The lowest BCUT2D eigenvalue weighted by Crippen LogP contribution is -2.01. The minimum Gasteiger partial charge on any atom is -0.252 e. The van der Waals surface area contributed by atoms with E-state index in [1.165, 1.54) is 10.3 Å². The summed E-state index contributed by atoms with van der Waals surface area (Å²) >= 11 is 1.61. The number of thiazole rings is 1. The molecule has 0 unspecified atom stereocenters. The molecular formula is C16H15N3S. The highest BCUT2D eigenvalue weighted by Gasteiger charge is 2.03. The molecule has 0 bridgehead atoms. The quantitative estimate of drug-likeness (QED) is 0.569. The Morgan fingerprint density at radius 3 is 2.65 bits per heavy atom. The number of para-hydroxylation sites is 1. The third-order valence-electron chi connectivity index (χ3n) is 3.15. The van der Waals surface area contributed by atoms with Crippen molar-refractivity contribution in [2.24, 2.45) is 5.10 Å². The van der Waals surface area contributed by atoms with Gasteiger partial charge in [-0.2, -0.15) is 5.10 Å². The highest BCUT2D eigenvalue weighted by molar-refractivity contribution is 7.22. The lowest BCUT2D eigenvalue weighted by molar-refractivity contribution is 1.28. The number of rotatable bonds is 3. The summed E-state index contributed by atoms with van der Waals surface area (Å²) in [5.41, 5.74) is 7.39. The van der Waals surface area contributed by atoms with E-state index in [1.54, 1.807) is 11.3 Å². The van der Waals surface area contributed by atoms with Gasteiger partial charge >= 0.3 is 0 Å². The second kappa shape index (κ2) is 5.43. The molecule has 0 amide bonds. The average molecular weight is 281 g/mol. The van der Waals surface area contributed by atoms with E-state index >= 15 is 0 Å². The van der Waals surface area contributed by atoms with Crippen LogP contribution in [-0.4, -0.2) is 10.7 Å². The van der Waals surface area contributed by atoms with Gasteiger partial charge in [-0.05, 0) is 31.5 Å². The Bertz CT molecular complexity index is 741. The fourth-order valence-electron chi connectivity index (χ4n) is 2.09.